The molecule has 0 saturated heterocycles. The van der Waals surface area contributed by atoms with Crippen molar-refractivity contribution in [3.8, 4) is 12.1 Å². The second-order valence-electron chi connectivity index (χ2n) is 2.91. The predicted octanol–water partition coefficient (Wildman–Crippen LogP) is 2.85. The summed E-state index contributed by atoms with van der Waals surface area (Å²) in [6.45, 7) is 0. The van der Waals surface area contributed by atoms with Crippen molar-refractivity contribution in [2.24, 2.45) is 0 Å². The largest absolute Gasteiger partial charge is 0.281 e. The maximum absolute atomic E-state index is 12.6. The van der Waals surface area contributed by atoms with Crippen molar-refractivity contribution >= 4 is 15.9 Å². The average Bonchev–Trinajstić information content (AvgIpc) is 2.28. The zero-order chi connectivity index (χ0) is 12.1. The summed E-state index contributed by atoms with van der Waals surface area (Å²) < 4.78 is 25.3. The van der Waals surface area contributed by atoms with E-state index in [0.717, 1.165) is 0 Å². The van der Waals surface area contributed by atoms with Gasteiger partial charge in [0.1, 0.15) is 11.8 Å². The highest BCUT2D eigenvalue weighted by atomic mass is 79.9. The van der Waals surface area contributed by atoms with Crippen LogP contribution in [0.1, 0.15) is 28.9 Å². The lowest BCUT2D eigenvalue weighted by Gasteiger charge is -2.08. The Morgan fingerprint density at radius 3 is 2.56 bits per heavy atom. The summed E-state index contributed by atoms with van der Waals surface area (Å²) in [6.07, 6.45) is -2.86. The number of aromatic nitrogens is 1. The number of rotatable bonds is 3. The van der Waals surface area contributed by atoms with Crippen LogP contribution in [0, 0.1) is 22.7 Å². The molecule has 6 heteroatoms. The van der Waals surface area contributed by atoms with E-state index in [2.05, 4.69) is 20.9 Å². The fourth-order valence-corrected chi connectivity index (χ4v) is 1.69. The number of nitrogens with zero attached hydrogens (tertiary/aromatic N) is 3. The van der Waals surface area contributed by atoms with E-state index >= 15 is 0 Å². The Labute approximate surface area is 99.5 Å². The number of nitriles is 2. The van der Waals surface area contributed by atoms with E-state index < -0.39 is 12.1 Å². The standard InChI is InChI=1S/C10H6BrF2N3/c11-4-6-3-7(1-2-14)16-9(10(12)13)8(6)5-15/h3,10H,1,4H2. The van der Waals surface area contributed by atoms with Crippen molar-refractivity contribution in [2.75, 3.05) is 0 Å². The first-order chi connectivity index (χ1) is 7.63. The van der Waals surface area contributed by atoms with Crippen LogP contribution in [0.3, 0.4) is 0 Å². The number of hydrogen-bond acceptors (Lipinski definition) is 3. The third-order valence-corrected chi connectivity index (χ3v) is 2.51. The zero-order valence-corrected chi connectivity index (χ0v) is 9.63. The van der Waals surface area contributed by atoms with Gasteiger partial charge in [-0.1, -0.05) is 15.9 Å². The van der Waals surface area contributed by atoms with Gasteiger partial charge in [-0.15, -0.1) is 0 Å². The highest BCUT2D eigenvalue weighted by Gasteiger charge is 2.19. The van der Waals surface area contributed by atoms with Crippen LogP contribution in [0.25, 0.3) is 0 Å². The summed E-state index contributed by atoms with van der Waals surface area (Å²) in [4.78, 5) is 3.63. The smallest absolute Gasteiger partial charge is 0.249 e. The zero-order valence-electron chi connectivity index (χ0n) is 8.04. The lowest BCUT2D eigenvalue weighted by atomic mass is 10.1. The second-order valence-corrected chi connectivity index (χ2v) is 3.47. The van der Waals surface area contributed by atoms with Crippen LogP contribution >= 0.6 is 15.9 Å². The van der Waals surface area contributed by atoms with Crippen LogP contribution in [-0.4, -0.2) is 4.98 Å². The predicted molar refractivity (Wildman–Crippen MR) is 55.9 cm³/mol. The molecule has 0 aliphatic rings. The molecular formula is C10H6BrF2N3. The highest BCUT2D eigenvalue weighted by Crippen LogP contribution is 2.25. The monoisotopic (exact) mass is 285 g/mol. The van der Waals surface area contributed by atoms with Crippen LogP contribution in [0.15, 0.2) is 6.07 Å². The van der Waals surface area contributed by atoms with Crippen LogP contribution in [0.5, 0.6) is 0 Å². The number of pyridine rings is 1. The Balaban J connectivity index is 3.40. The summed E-state index contributed by atoms with van der Waals surface area (Å²) in [5.74, 6) is 0. The normalized spacial score (nSPS) is 9.88. The van der Waals surface area contributed by atoms with Crippen molar-refractivity contribution in [1.29, 1.82) is 10.5 Å². The van der Waals surface area contributed by atoms with E-state index in [1.165, 1.54) is 6.07 Å². The minimum Gasteiger partial charge on any atom is -0.249 e. The molecule has 0 aliphatic carbocycles. The van der Waals surface area contributed by atoms with Crippen molar-refractivity contribution in [3.05, 3.63) is 28.6 Å². The van der Waals surface area contributed by atoms with Gasteiger partial charge in [-0.25, -0.2) is 13.8 Å². The molecule has 0 atom stereocenters. The van der Waals surface area contributed by atoms with E-state index in [1.54, 1.807) is 6.07 Å². The minimum absolute atomic E-state index is 0.0502. The van der Waals surface area contributed by atoms with Gasteiger partial charge in [0, 0.05) is 5.33 Å². The summed E-state index contributed by atoms with van der Waals surface area (Å²) in [7, 11) is 0. The molecule has 0 bridgehead atoms. The van der Waals surface area contributed by atoms with Gasteiger partial charge < -0.3 is 0 Å². The maximum atomic E-state index is 12.6. The molecule has 16 heavy (non-hydrogen) atoms. The van der Waals surface area contributed by atoms with E-state index in [4.69, 9.17) is 10.5 Å². The van der Waals surface area contributed by atoms with E-state index in [1.807, 2.05) is 6.07 Å². The molecule has 0 aliphatic heterocycles. The van der Waals surface area contributed by atoms with Gasteiger partial charge in [-0.3, -0.25) is 0 Å². The fraction of sp³-hybridized carbons (Fsp3) is 0.300. The van der Waals surface area contributed by atoms with Crippen molar-refractivity contribution < 1.29 is 8.78 Å². The highest BCUT2D eigenvalue weighted by molar-refractivity contribution is 9.08. The van der Waals surface area contributed by atoms with Gasteiger partial charge >= 0.3 is 0 Å². The van der Waals surface area contributed by atoms with E-state index in [9.17, 15) is 8.78 Å². The van der Waals surface area contributed by atoms with Crippen LogP contribution in [0.2, 0.25) is 0 Å². The Hall–Kier alpha value is -1.53. The van der Waals surface area contributed by atoms with Crippen molar-refractivity contribution in [1.82, 2.24) is 4.98 Å². The van der Waals surface area contributed by atoms with Crippen molar-refractivity contribution in [2.45, 2.75) is 18.2 Å². The topological polar surface area (TPSA) is 60.5 Å². The van der Waals surface area contributed by atoms with Gasteiger partial charge in [-0.05, 0) is 11.6 Å². The Morgan fingerprint density at radius 1 is 1.44 bits per heavy atom. The molecule has 82 valence electrons. The SMILES string of the molecule is N#CCc1cc(CBr)c(C#N)c(C(F)F)n1. The maximum Gasteiger partial charge on any atom is 0.281 e. The van der Waals surface area contributed by atoms with Crippen LogP contribution < -0.4 is 0 Å². The second kappa shape index (κ2) is 5.53. The number of hydrogen-bond donors (Lipinski definition) is 0. The summed E-state index contributed by atoms with van der Waals surface area (Å²) in [6, 6.07) is 5.03. The van der Waals surface area contributed by atoms with Gasteiger partial charge in [-0.2, -0.15) is 10.5 Å². The molecule has 0 radical (unpaired) electrons. The van der Waals surface area contributed by atoms with Crippen LogP contribution in [-0.2, 0) is 11.8 Å². The van der Waals surface area contributed by atoms with E-state index in [-0.39, 0.29) is 23.0 Å². The van der Waals surface area contributed by atoms with Gasteiger partial charge in [0.2, 0.25) is 0 Å². The Bertz CT molecular complexity index is 474. The minimum atomic E-state index is -2.81. The molecule has 1 heterocycles. The van der Waals surface area contributed by atoms with Gasteiger partial charge in [0.15, 0.2) is 0 Å². The Morgan fingerprint density at radius 2 is 2.12 bits per heavy atom. The first-order valence-electron chi connectivity index (χ1n) is 4.27. The molecule has 1 aromatic rings. The van der Waals surface area contributed by atoms with Crippen LogP contribution in [0.4, 0.5) is 8.78 Å². The van der Waals surface area contributed by atoms with E-state index in [0.29, 0.717) is 5.56 Å². The molecule has 1 aromatic heterocycles. The molecule has 0 aromatic carbocycles. The summed E-state index contributed by atoms with van der Waals surface area (Å²) in [5.41, 5.74) is 0.0163. The number of halogens is 3. The Kier molecular flexibility index (Phi) is 4.33. The molecule has 0 amide bonds. The third-order valence-electron chi connectivity index (χ3n) is 1.90. The molecule has 1 rings (SSSR count). The summed E-state index contributed by atoms with van der Waals surface area (Å²) in [5, 5.41) is 17.6. The fourth-order valence-electron chi connectivity index (χ4n) is 1.24. The molecule has 0 saturated carbocycles. The third kappa shape index (κ3) is 2.53. The molecule has 0 fully saturated rings. The van der Waals surface area contributed by atoms with Gasteiger partial charge in [0.25, 0.3) is 6.43 Å². The molecule has 0 N–H and O–H groups in total. The average molecular weight is 286 g/mol. The quantitative estimate of drug-likeness (QED) is 0.803. The molecule has 0 unspecified atom stereocenters. The molecule has 3 nitrogen and oxygen atoms in total. The van der Waals surface area contributed by atoms with Gasteiger partial charge in [0.05, 0.1) is 23.7 Å². The van der Waals surface area contributed by atoms with Crippen molar-refractivity contribution in [3.63, 3.8) is 0 Å². The number of alkyl halides is 3. The lowest BCUT2D eigenvalue weighted by molar-refractivity contribution is 0.145. The molecular weight excluding hydrogens is 280 g/mol. The first-order valence-corrected chi connectivity index (χ1v) is 5.40. The summed E-state index contributed by atoms with van der Waals surface area (Å²) >= 11 is 3.11. The lowest BCUT2D eigenvalue weighted by Crippen LogP contribution is -2.03. The first kappa shape index (κ1) is 12.5. The molecule has 0 spiro atoms.